The summed E-state index contributed by atoms with van der Waals surface area (Å²) < 4.78 is 5.36. The van der Waals surface area contributed by atoms with Gasteiger partial charge in [-0.05, 0) is 25.7 Å². The van der Waals surface area contributed by atoms with Crippen LogP contribution in [0.2, 0.25) is 0 Å². The molecule has 3 rings (SSSR count). The van der Waals surface area contributed by atoms with Crippen LogP contribution in [-0.4, -0.2) is 27.2 Å². The molecule has 7 heteroatoms. The molecule has 2 atom stereocenters. The maximum atomic E-state index is 12.2. The number of aromatic nitrogens is 2. The first-order valence-electron chi connectivity index (χ1n) is 7.02. The normalized spacial score (nSPS) is 26.2. The molecule has 7 nitrogen and oxygen atoms in total. The van der Waals surface area contributed by atoms with Crippen molar-refractivity contribution < 1.29 is 19.1 Å². The van der Waals surface area contributed by atoms with E-state index < -0.39 is 17.8 Å². The molecule has 1 amide bonds. The van der Waals surface area contributed by atoms with E-state index in [9.17, 15) is 14.7 Å². The summed E-state index contributed by atoms with van der Waals surface area (Å²) >= 11 is 0. The van der Waals surface area contributed by atoms with E-state index in [1.54, 1.807) is 0 Å². The Labute approximate surface area is 115 Å². The summed E-state index contributed by atoms with van der Waals surface area (Å²) in [6.07, 6.45) is 4.95. The lowest BCUT2D eigenvalue weighted by Gasteiger charge is -2.26. The Morgan fingerprint density at radius 3 is 2.45 bits per heavy atom. The maximum Gasteiger partial charge on any atom is 0.322 e. The minimum Gasteiger partial charge on any atom is -0.481 e. The fourth-order valence-electron chi connectivity index (χ4n) is 2.72. The first-order valence-corrected chi connectivity index (χ1v) is 7.02. The number of carboxylic acids is 1. The molecular formula is C13H17N3O4. The highest BCUT2D eigenvalue weighted by Gasteiger charge is 2.36. The van der Waals surface area contributed by atoms with E-state index in [4.69, 9.17) is 4.42 Å². The van der Waals surface area contributed by atoms with E-state index in [1.807, 2.05) is 0 Å². The van der Waals surface area contributed by atoms with Gasteiger partial charge in [-0.1, -0.05) is 17.9 Å². The Bertz CT molecular complexity index is 523. The number of carbonyl (C=O) groups excluding carboxylic acids is 1. The number of anilines is 1. The van der Waals surface area contributed by atoms with E-state index in [-0.39, 0.29) is 11.9 Å². The lowest BCUT2D eigenvalue weighted by Crippen LogP contribution is -2.36. The second-order valence-electron chi connectivity index (χ2n) is 5.54. The Balaban J connectivity index is 1.65. The van der Waals surface area contributed by atoms with Gasteiger partial charge in [-0.2, -0.15) is 0 Å². The fraction of sp³-hybridized carbons (Fsp3) is 0.692. The number of hydrogen-bond acceptors (Lipinski definition) is 5. The molecule has 2 fully saturated rings. The monoisotopic (exact) mass is 279 g/mol. The van der Waals surface area contributed by atoms with Gasteiger partial charge in [0.25, 0.3) is 0 Å². The Kier molecular flexibility index (Phi) is 3.42. The summed E-state index contributed by atoms with van der Waals surface area (Å²) in [5.74, 6) is -1.49. The van der Waals surface area contributed by atoms with Gasteiger partial charge in [0.15, 0.2) is 0 Å². The smallest absolute Gasteiger partial charge is 0.322 e. The van der Waals surface area contributed by atoms with Crippen LogP contribution in [0.5, 0.6) is 0 Å². The third-order valence-electron chi connectivity index (χ3n) is 4.02. The van der Waals surface area contributed by atoms with Gasteiger partial charge in [0.05, 0.1) is 11.8 Å². The molecule has 108 valence electrons. The van der Waals surface area contributed by atoms with Gasteiger partial charge in [-0.3, -0.25) is 14.9 Å². The third kappa shape index (κ3) is 2.66. The molecule has 2 N–H and O–H groups in total. The molecule has 1 heterocycles. The zero-order valence-corrected chi connectivity index (χ0v) is 11.0. The molecule has 0 bridgehead atoms. The molecule has 0 aromatic carbocycles. The predicted octanol–water partition coefficient (Wildman–Crippen LogP) is 1.78. The molecule has 0 spiro atoms. The van der Waals surface area contributed by atoms with Crippen LogP contribution < -0.4 is 5.32 Å². The average Bonchev–Trinajstić information content (AvgIpc) is 3.19. The van der Waals surface area contributed by atoms with E-state index in [1.165, 1.54) is 0 Å². The van der Waals surface area contributed by atoms with Crippen LogP contribution in [0.4, 0.5) is 6.01 Å². The number of rotatable bonds is 4. The van der Waals surface area contributed by atoms with Crippen molar-refractivity contribution in [1.82, 2.24) is 10.2 Å². The zero-order valence-electron chi connectivity index (χ0n) is 11.0. The summed E-state index contributed by atoms with van der Waals surface area (Å²) in [6, 6.07) is 0.0756. The van der Waals surface area contributed by atoms with Gasteiger partial charge in [0, 0.05) is 5.92 Å². The van der Waals surface area contributed by atoms with Crippen LogP contribution in [0.25, 0.3) is 0 Å². The molecular weight excluding hydrogens is 262 g/mol. The molecule has 1 aromatic rings. The molecule has 1 aromatic heterocycles. The van der Waals surface area contributed by atoms with Gasteiger partial charge in [0.1, 0.15) is 0 Å². The highest BCUT2D eigenvalue weighted by molar-refractivity contribution is 5.93. The number of aliphatic carboxylic acids is 1. The van der Waals surface area contributed by atoms with E-state index >= 15 is 0 Å². The molecule has 0 saturated heterocycles. The van der Waals surface area contributed by atoms with E-state index in [2.05, 4.69) is 15.5 Å². The molecule has 20 heavy (non-hydrogen) atoms. The number of hydrogen-bond donors (Lipinski definition) is 2. The van der Waals surface area contributed by atoms with Crippen LogP contribution in [-0.2, 0) is 9.59 Å². The summed E-state index contributed by atoms with van der Waals surface area (Å²) in [6.45, 7) is 0. The van der Waals surface area contributed by atoms with Crippen molar-refractivity contribution in [1.29, 1.82) is 0 Å². The second kappa shape index (κ2) is 5.22. The van der Waals surface area contributed by atoms with Crippen molar-refractivity contribution in [2.45, 2.75) is 44.4 Å². The van der Waals surface area contributed by atoms with Gasteiger partial charge in [-0.25, -0.2) is 0 Å². The number of nitrogens with one attached hydrogen (secondary N) is 1. The van der Waals surface area contributed by atoms with Crippen molar-refractivity contribution >= 4 is 17.9 Å². The van der Waals surface area contributed by atoms with Gasteiger partial charge in [-0.15, -0.1) is 5.10 Å². The molecule has 0 unspecified atom stereocenters. The Morgan fingerprint density at radius 2 is 1.80 bits per heavy atom. The molecule has 0 aliphatic heterocycles. The standard InChI is InChI=1S/C13H17N3O4/c17-10(8-3-1-2-4-9(8)12(18)19)14-13-16-15-11(20-13)7-5-6-7/h7-9H,1-6H2,(H,18,19)(H,14,16,17)/t8-,9+/m1/s1. The summed E-state index contributed by atoms with van der Waals surface area (Å²) in [7, 11) is 0. The van der Waals surface area contributed by atoms with Crippen molar-refractivity contribution in [2.75, 3.05) is 5.32 Å². The first-order chi connectivity index (χ1) is 9.65. The predicted molar refractivity (Wildman–Crippen MR) is 68.0 cm³/mol. The third-order valence-corrected chi connectivity index (χ3v) is 4.02. The Hall–Kier alpha value is -1.92. The van der Waals surface area contributed by atoms with Gasteiger partial charge < -0.3 is 9.52 Å². The highest BCUT2D eigenvalue weighted by Crippen LogP contribution is 2.39. The van der Waals surface area contributed by atoms with Crippen LogP contribution in [0.15, 0.2) is 4.42 Å². The average molecular weight is 279 g/mol. The summed E-state index contributed by atoms with van der Waals surface area (Å²) in [4.78, 5) is 23.4. The molecule has 2 aliphatic rings. The number of carbonyl (C=O) groups is 2. The van der Waals surface area contributed by atoms with Crippen LogP contribution >= 0.6 is 0 Å². The molecule has 2 aliphatic carbocycles. The molecule has 2 saturated carbocycles. The Morgan fingerprint density at radius 1 is 1.10 bits per heavy atom. The van der Waals surface area contributed by atoms with Crippen molar-refractivity contribution in [3.05, 3.63) is 5.89 Å². The molecule has 0 radical (unpaired) electrons. The number of amides is 1. The van der Waals surface area contributed by atoms with Crippen molar-refractivity contribution in [2.24, 2.45) is 11.8 Å². The first kappa shape index (κ1) is 13.1. The maximum absolute atomic E-state index is 12.2. The second-order valence-corrected chi connectivity index (χ2v) is 5.54. The number of carboxylic acid groups (broad SMARTS) is 1. The van der Waals surface area contributed by atoms with Crippen LogP contribution in [0.3, 0.4) is 0 Å². The number of nitrogens with zero attached hydrogens (tertiary/aromatic N) is 2. The quantitative estimate of drug-likeness (QED) is 0.870. The lowest BCUT2D eigenvalue weighted by atomic mass is 9.79. The van der Waals surface area contributed by atoms with Gasteiger partial charge in [0.2, 0.25) is 11.8 Å². The minimum atomic E-state index is -0.908. The fourth-order valence-corrected chi connectivity index (χ4v) is 2.72. The lowest BCUT2D eigenvalue weighted by molar-refractivity contribution is -0.147. The van der Waals surface area contributed by atoms with Crippen LogP contribution in [0.1, 0.15) is 50.3 Å². The highest BCUT2D eigenvalue weighted by atomic mass is 16.4. The van der Waals surface area contributed by atoms with Crippen LogP contribution in [0, 0.1) is 11.8 Å². The van der Waals surface area contributed by atoms with Gasteiger partial charge >= 0.3 is 12.0 Å². The SMILES string of the molecule is O=C(O)[C@H]1CCCC[C@H]1C(=O)Nc1nnc(C2CC2)o1. The van der Waals surface area contributed by atoms with E-state index in [0.717, 1.165) is 25.7 Å². The zero-order chi connectivity index (χ0) is 14.1. The van der Waals surface area contributed by atoms with E-state index in [0.29, 0.717) is 24.7 Å². The minimum absolute atomic E-state index is 0.0756. The summed E-state index contributed by atoms with van der Waals surface area (Å²) in [5, 5.41) is 19.4. The summed E-state index contributed by atoms with van der Waals surface area (Å²) in [5.41, 5.74) is 0. The van der Waals surface area contributed by atoms with Crippen molar-refractivity contribution in [3.8, 4) is 0 Å². The largest absolute Gasteiger partial charge is 0.481 e. The van der Waals surface area contributed by atoms with Crippen molar-refractivity contribution in [3.63, 3.8) is 0 Å². The topological polar surface area (TPSA) is 105 Å².